The highest BCUT2D eigenvalue weighted by atomic mass is 16.3. The maximum absolute atomic E-state index is 9.34. The summed E-state index contributed by atoms with van der Waals surface area (Å²) in [5, 5.41) is 18.6. The van der Waals surface area contributed by atoms with Crippen molar-refractivity contribution in [1.29, 1.82) is 0 Å². The third-order valence-corrected chi connectivity index (χ3v) is 1.61. The molecular weight excluding hydrogens is 152 g/mol. The van der Waals surface area contributed by atoms with Gasteiger partial charge in [0, 0.05) is 0 Å². The van der Waals surface area contributed by atoms with Crippen LogP contribution in [0.25, 0.3) is 0 Å². The van der Waals surface area contributed by atoms with Gasteiger partial charge in [0.05, 0.1) is 12.2 Å². The Balaban J connectivity index is 3.99. The third kappa shape index (κ3) is 5.33. The molecule has 0 bridgehead atoms. The molecule has 0 aliphatic rings. The largest absolute Gasteiger partial charge is 0.390 e. The minimum absolute atomic E-state index is 0.0639. The molecule has 2 atom stereocenters. The normalized spacial score (nSPS) is 18.2. The van der Waals surface area contributed by atoms with Crippen LogP contribution < -0.4 is 0 Å². The van der Waals surface area contributed by atoms with Crippen LogP contribution in [0.1, 0.15) is 34.1 Å². The fourth-order valence-corrected chi connectivity index (χ4v) is 0.757. The highest BCUT2D eigenvalue weighted by Crippen LogP contribution is 2.15. The van der Waals surface area contributed by atoms with Crippen molar-refractivity contribution in [2.45, 2.75) is 46.3 Å². The van der Waals surface area contributed by atoms with Crippen LogP contribution in [-0.2, 0) is 0 Å². The second kappa shape index (κ2) is 4.63. The minimum atomic E-state index is -0.728. The number of aliphatic hydroxyl groups excluding tert-OH is 2. The molecule has 0 aromatic carbocycles. The van der Waals surface area contributed by atoms with Crippen molar-refractivity contribution in [3.8, 4) is 0 Å². The van der Waals surface area contributed by atoms with E-state index in [2.05, 4.69) is 20.8 Å². The SMILES string of the molecule is CC[C@H](O)[C@H](O)/C=C/C(C)(C)C. The lowest BCUT2D eigenvalue weighted by Crippen LogP contribution is -2.23. The number of rotatable bonds is 3. The van der Waals surface area contributed by atoms with Gasteiger partial charge in [-0.3, -0.25) is 0 Å². The first kappa shape index (κ1) is 11.7. The summed E-state index contributed by atoms with van der Waals surface area (Å²) in [6.07, 6.45) is 2.79. The molecule has 0 aliphatic carbocycles. The second-order valence-corrected chi connectivity index (χ2v) is 4.19. The fraction of sp³-hybridized carbons (Fsp3) is 0.800. The molecule has 0 radical (unpaired) electrons. The van der Waals surface area contributed by atoms with Crippen molar-refractivity contribution >= 4 is 0 Å². The Morgan fingerprint density at radius 3 is 2.08 bits per heavy atom. The Morgan fingerprint density at radius 1 is 1.25 bits per heavy atom. The first-order chi connectivity index (χ1) is 5.37. The number of allylic oxidation sites excluding steroid dienone is 1. The van der Waals surface area contributed by atoms with Crippen LogP contribution in [-0.4, -0.2) is 22.4 Å². The van der Waals surface area contributed by atoms with Crippen molar-refractivity contribution < 1.29 is 10.2 Å². The van der Waals surface area contributed by atoms with Crippen molar-refractivity contribution in [2.24, 2.45) is 5.41 Å². The molecule has 12 heavy (non-hydrogen) atoms. The highest BCUT2D eigenvalue weighted by molar-refractivity contribution is 4.98. The molecule has 0 spiro atoms. The summed E-state index contributed by atoms with van der Waals surface area (Å²) in [6, 6.07) is 0. The summed E-state index contributed by atoms with van der Waals surface area (Å²) in [5.41, 5.74) is 0.0639. The molecule has 0 saturated carbocycles. The number of aliphatic hydroxyl groups is 2. The highest BCUT2D eigenvalue weighted by Gasteiger charge is 2.12. The first-order valence-electron chi connectivity index (χ1n) is 4.42. The summed E-state index contributed by atoms with van der Waals surface area (Å²) >= 11 is 0. The Kier molecular flexibility index (Phi) is 4.50. The van der Waals surface area contributed by atoms with E-state index in [4.69, 9.17) is 0 Å². The molecule has 0 amide bonds. The van der Waals surface area contributed by atoms with Crippen LogP contribution in [0.5, 0.6) is 0 Å². The molecule has 2 nitrogen and oxygen atoms in total. The molecule has 0 rings (SSSR count). The van der Waals surface area contributed by atoms with Crippen molar-refractivity contribution in [3.63, 3.8) is 0 Å². The van der Waals surface area contributed by atoms with E-state index in [1.165, 1.54) is 0 Å². The summed E-state index contributed by atoms with van der Waals surface area (Å²) in [5.74, 6) is 0. The van der Waals surface area contributed by atoms with Gasteiger partial charge in [0.1, 0.15) is 0 Å². The van der Waals surface area contributed by atoms with Gasteiger partial charge in [-0.2, -0.15) is 0 Å². The van der Waals surface area contributed by atoms with E-state index < -0.39 is 12.2 Å². The van der Waals surface area contributed by atoms with Crippen LogP contribution >= 0.6 is 0 Å². The van der Waals surface area contributed by atoms with Crippen LogP contribution in [0.4, 0.5) is 0 Å². The smallest absolute Gasteiger partial charge is 0.0979 e. The number of hydrogen-bond donors (Lipinski definition) is 2. The molecule has 0 heterocycles. The fourth-order valence-electron chi connectivity index (χ4n) is 0.757. The van der Waals surface area contributed by atoms with Gasteiger partial charge in [-0.25, -0.2) is 0 Å². The predicted molar refractivity (Wildman–Crippen MR) is 50.9 cm³/mol. The molecule has 72 valence electrons. The Bertz CT molecular complexity index is 144. The average molecular weight is 172 g/mol. The maximum atomic E-state index is 9.34. The number of hydrogen-bond acceptors (Lipinski definition) is 2. The average Bonchev–Trinajstić information content (AvgIpc) is 1.97. The van der Waals surface area contributed by atoms with Gasteiger partial charge in [-0.1, -0.05) is 39.8 Å². The Hall–Kier alpha value is -0.340. The van der Waals surface area contributed by atoms with Gasteiger partial charge in [0.15, 0.2) is 0 Å². The van der Waals surface area contributed by atoms with E-state index in [9.17, 15) is 10.2 Å². The first-order valence-corrected chi connectivity index (χ1v) is 4.42. The molecule has 2 heteroatoms. The summed E-state index contributed by atoms with van der Waals surface area (Å²) < 4.78 is 0. The van der Waals surface area contributed by atoms with E-state index in [0.717, 1.165) is 0 Å². The van der Waals surface area contributed by atoms with Crippen molar-refractivity contribution in [3.05, 3.63) is 12.2 Å². The Labute approximate surface area is 74.9 Å². The minimum Gasteiger partial charge on any atom is -0.390 e. The third-order valence-electron chi connectivity index (χ3n) is 1.61. The van der Waals surface area contributed by atoms with Gasteiger partial charge in [0.25, 0.3) is 0 Å². The zero-order valence-electron chi connectivity index (χ0n) is 8.41. The van der Waals surface area contributed by atoms with Gasteiger partial charge in [-0.05, 0) is 11.8 Å². The standard InChI is InChI=1S/C10H20O2/c1-5-8(11)9(12)6-7-10(2,3)4/h6-9,11-12H,5H2,1-4H3/b7-6+/t8-,9+/m0/s1. The van der Waals surface area contributed by atoms with Crippen LogP contribution in [0.2, 0.25) is 0 Å². The molecule has 2 N–H and O–H groups in total. The van der Waals surface area contributed by atoms with E-state index in [-0.39, 0.29) is 5.41 Å². The molecule has 0 unspecified atom stereocenters. The van der Waals surface area contributed by atoms with Crippen LogP contribution in [0.3, 0.4) is 0 Å². The van der Waals surface area contributed by atoms with Gasteiger partial charge in [0.2, 0.25) is 0 Å². The lowest BCUT2D eigenvalue weighted by atomic mass is 9.95. The van der Waals surface area contributed by atoms with E-state index >= 15 is 0 Å². The predicted octanol–water partition coefficient (Wildman–Crippen LogP) is 1.72. The van der Waals surface area contributed by atoms with Crippen molar-refractivity contribution in [1.82, 2.24) is 0 Å². The molecular formula is C10H20O2. The van der Waals surface area contributed by atoms with E-state index in [1.54, 1.807) is 6.08 Å². The maximum Gasteiger partial charge on any atom is 0.0979 e. The lowest BCUT2D eigenvalue weighted by molar-refractivity contribution is 0.0461. The zero-order chi connectivity index (χ0) is 9.78. The van der Waals surface area contributed by atoms with E-state index in [1.807, 2.05) is 13.0 Å². The van der Waals surface area contributed by atoms with Gasteiger partial charge >= 0.3 is 0 Å². The monoisotopic (exact) mass is 172 g/mol. The second-order valence-electron chi connectivity index (χ2n) is 4.19. The zero-order valence-corrected chi connectivity index (χ0v) is 8.41. The lowest BCUT2D eigenvalue weighted by Gasteiger charge is -2.15. The quantitative estimate of drug-likeness (QED) is 0.636. The van der Waals surface area contributed by atoms with Crippen molar-refractivity contribution in [2.75, 3.05) is 0 Å². The molecule has 0 saturated heterocycles. The van der Waals surface area contributed by atoms with Gasteiger partial charge < -0.3 is 10.2 Å². The van der Waals surface area contributed by atoms with Crippen LogP contribution in [0, 0.1) is 5.41 Å². The summed E-state index contributed by atoms with van der Waals surface area (Å²) in [7, 11) is 0. The van der Waals surface area contributed by atoms with E-state index in [0.29, 0.717) is 6.42 Å². The molecule has 0 fully saturated rings. The summed E-state index contributed by atoms with van der Waals surface area (Å²) in [6.45, 7) is 8.00. The molecule has 0 aliphatic heterocycles. The summed E-state index contributed by atoms with van der Waals surface area (Å²) in [4.78, 5) is 0. The molecule has 0 aromatic heterocycles. The topological polar surface area (TPSA) is 40.5 Å². The van der Waals surface area contributed by atoms with Gasteiger partial charge in [-0.15, -0.1) is 0 Å². The van der Waals surface area contributed by atoms with Crippen LogP contribution in [0.15, 0.2) is 12.2 Å². The Morgan fingerprint density at radius 2 is 1.75 bits per heavy atom. The molecule has 0 aromatic rings.